The molecular weight excluding hydrogens is 642 g/mol. The molecule has 0 spiro atoms. The zero-order chi connectivity index (χ0) is 36.1. The van der Waals surface area contributed by atoms with Crippen molar-refractivity contribution in [3.63, 3.8) is 0 Å². The second-order valence-electron chi connectivity index (χ2n) is 13.1. The number of H-pyrrole nitrogens is 1. The van der Waals surface area contributed by atoms with Crippen molar-refractivity contribution in [1.82, 2.24) is 25.5 Å². The summed E-state index contributed by atoms with van der Waals surface area (Å²) in [6, 6.07) is 34.7. The fraction of sp³-hybridized carbons (Fsp3) is 0.268. The van der Waals surface area contributed by atoms with Gasteiger partial charge in [0, 0.05) is 43.7 Å². The molecular formula is C41H45N5O5. The van der Waals surface area contributed by atoms with E-state index in [1.165, 1.54) is 11.2 Å². The van der Waals surface area contributed by atoms with Gasteiger partial charge in [0.1, 0.15) is 31.0 Å². The van der Waals surface area contributed by atoms with E-state index in [-0.39, 0.29) is 30.8 Å². The number of imidazole rings is 1. The first-order chi connectivity index (χ1) is 24.7. The van der Waals surface area contributed by atoms with E-state index in [1.807, 2.05) is 115 Å². The van der Waals surface area contributed by atoms with Gasteiger partial charge in [-0.1, -0.05) is 117 Å². The molecule has 0 aliphatic heterocycles. The van der Waals surface area contributed by atoms with Gasteiger partial charge in [0.2, 0.25) is 11.8 Å². The first-order valence-electron chi connectivity index (χ1n) is 17.0. The Balaban J connectivity index is 1.33. The molecule has 3 N–H and O–H groups in total. The van der Waals surface area contributed by atoms with E-state index in [2.05, 4.69) is 34.4 Å². The van der Waals surface area contributed by atoms with E-state index in [0.717, 1.165) is 22.3 Å². The Hall–Kier alpha value is -5.90. The van der Waals surface area contributed by atoms with Crippen molar-refractivity contribution in [3.05, 3.63) is 156 Å². The van der Waals surface area contributed by atoms with Crippen LogP contribution >= 0.6 is 0 Å². The fourth-order valence-corrected chi connectivity index (χ4v) is 5.63. The molecule has 51 heavy (non-hydrogen) atoms. The highest BCUT2D eigenvalue weighted by atomic mass is 16.5. The third-order valence-corrected chi connectivity index (χ3v) is 8.76. The molecule has 0 bridgehead atoms. The molecule has 2 atom stereocenters. The van der Waals surface area contributed by atoms with Gasteiger partial charge in [-0.25, -0.2) is 9.78 Å². The lowest BCUT2D eigenvalue weighted by Crippen LogP contribution is -2.56. The Labute approximate surface area is 299 Å². The number of likely N-dealkylation sites (N-methyl/N-ethyl adjacent to an activating group) is 1. The minimum absolute atomic E-state index is 0.0424. The van der Waals surface area contributed by atoms with Gasteiger partial charge in [-0.3, -0.25) is 9.59 Å². The van der Waals surface area contributed by atoms with Crippen LogP contribution in [0.1, 0.15) is 41.8 Å². The Morgan fingerprint density at radius 2 is 1.39 bits per heavy atom. The summed E-state index contributed by atoms with van der Waals surface area (Å²) in [6.45, 7) is 4.94. The minimum atomic E-state index is -1.04. The average molecular weight is 688 g/mol. The molecule has 4 aromatic carbocycles. The maximum absolute atomic E-state index is 14.2. The van der Waals surface area contributed by atoms with Crippen molar-refractivity contribution in [2.75, 3.05) is 13.6 Å². The molecule has 0 unspecified atom stereocenters. The van der Waals surface area contributed by atoms with Crippen LogP contribution in [-0.2, 0) is 45.8 Å². The van der Waals surface area contributed by atoms with E-state index in [4.69, 9.17) is 9.47 Å². The van der Waals surface area contributed by atoms with Crippen LogP contribution in [0.4, 0.5) is 4.79 Å². The Morgan fingerprint density at radius 3 is 2.00 bits per heavy atom. The summed E-state index contributed by atoms with van der Waals surface area (Å²) < 4.78 is 11.4. The van der Waals surface area contributed by atoms with Gasteiger partial charge in [-0.05, 0) is 34.4 Å². The number of carbonyl (C=O) groups is 3. The van der Waals surface area contributed by atoms with Crippen LogP contribution in [0.25, 0.3) is 0 Å². The molecule has 1 heterocycles. The number of alkyl carbamates (subject to hydrolysis) is 1. The Morgan fingerprint density at radius 1 is 0.784 bits per heavy atom. The summed E-state index contributed by atoms with van der Waals surface area (Å²) in [6.07, 6.45) is 2.70. The van der Waals surface area contributed by atoms with E-state index in [9.17, 15) is 14.4 Å². The van der Waals surface area contributed by atoms with Gasteiger partial charge in [0.15, 0.2) is 0 Å². The second kappa shape index (κ2) is 17.7. The van der Waals surface area contributed by atoms with Crippen molar-refractivity contribution in [3.8, 4) is 5.75 Å². The van der Waals surface area contributed by atoms with Crippen LogP contribution in [-0.4, -0.2) is 58.5 Å². The number of aromatic amines is 1. The number of nitrogens with one attached hydrogen (secondary N) is 3. The number of ether oxygens (including phenoxy) is 2. The van der Waals surface area contributed by atoms with Crippen LogP contribution in [0.5, 0.6) is 5.75 Å². The smallest absolute Gasteiger partial charge is 0.408 e. The molecule has 264 valence electrons. The number of amides is 3. The molecule has 10 heteroatoms. The lowest BCUT2D eigenvalue weighted by Gasteiger charge is -2.32. The molecule has 10 nitrogen and oxygen atoms in total. The maximum atomic E-state index is 14.2. The number of hydrogen-bond acceptors (Lipinski definition) is 6. The first-order valence-corrected chi connectivity index (χ1v) is 17.0. The zero-order valence-corrected chi connectivity index (χ0v) is 29.3. The SMILES string of the molecule is CN(C(=O)[C@H](Cc1cnc[nH]1)NC(=O)OCc1ccccc1)[C@H](Cc1ccc(OCc2ccccc2)cc1)C(=O)NCC(C)(C)c1ccccc1. The van der Waals surface area contributed by atoms with Crippen molar-refractivity contribution in [2.45, 2.75) is 57.4 Å². The van der Waals surface area contributed by atoms with E-state index >= 15 is 0 Å². The van der Waals surface area contributed by atoms with Crippen molar-refractivity contribution < 1.29 is 23.9 Å². The first kappa shape index (κ1) is 36.4. The van der Waals surface area contributed by atoms with Gasteiger partial charge >= 0.3 is 6.09 Å². The average Bonchev–Trinajstić information content (AvgIpc) is 3.68. The molecule has 5 aromatic rings. The molecule has 0 saturated carbocycles. The van der Waals surface area contributed by atoms with Crippen LogP contribution < -0.4 is 15.4 Å². The minimum Gasteiger partial charge on any atom is -0.489 e. The highest BCUT2D eigenvalue weighted by Crippen LogP contribution is 2.23. The molecule has 1 aromatic heterocycles. The van der Waals surface area contributed by atoms with Crippen molar-refractivity contribution >= 4 is 17.9 Å². The van der Waals surface area contributed by atoms with E-state index in [0.29, 0.717) is 24.6 Å². The molecule has 0 saturated heterocycles. The molecule has 5 rings (SSSR count). The van der Waals surface area contributed by atoms with Crippen molar-refractivity contribution in [1.29, 1.82) is 0 Å². The highest BCUT2D eigenvalue weighted by Gasteiger charge is 2.34. The third kappa shape index (κ3) is 10.8. The largest absolute Gasteiger partial charge is 0.489 e. The number of carbonyl (C=O) groups excluding carboxylic acids is 3. The Kier molecular flexibility index (Phi) is 12.6. The monoisotopic (exact) mass is 687 g/mol. The lowest BCUT2D eigenvalue weighted by atomic mass is 9.84. The van der Waals surface area contributed by atoms with Gasteiger partial charge in [-0.2, -0.15) is 0 Å². The number of hydrogen-bond donors (Lipinski definition) is 3. The van der Waals surface area contributed by atoms with Crippen LogP contribution in [0.3, 0.4) is 0 Å². The number of rotatable bonds is 16. The summed E-state index contributed by atoms with van der Waals surface area (Å²) in [7, 11) is 1.59. The predicted octanol–water partition coefficient (Wildman–Crippen LogP) is 5.99. The maximum Gasteiger partial charge on any atom is 0.408 e. The summed E-state index contributed by atoms with van der Waals surface area (Å²) in [5.41, 5.74) is 4.06. The zero-order valence-electron chi connectivity index (χ0n) is 29.3. The van der Waals surface area contributed by atoms with Gasteiger partial charge in [-0.15, -0.1) is 0 Å². The van der Waals surface area contributed by atoms with Gasteiger partial charge in [0.05, 0.1) is 6.33 Å². The van der Waals surface area contributed by atoms with E-state index in [1.54, 1.807) is 13.2 Å². The third-order valence-electron chi connectivity index (χ3n) is 8.76. The lowest BCUT2D eigenvalue weighted by molar-refractivity contribution is -0.140. The molecule has 0 radical (unpaired) electrons. The topological polar surface area (TPSA) is 126 Å². The fourth-order valence-electron chi connectivity index (χ4n) is 5.63. The van der Waals surface area contributed by atoms with Gasteiger partial charge < -0.3 is 30.0 Å². The molecule has 0 fully saturated rings. The molecule has 3 amide bonds. The molecule has 0 aliphatic rings. The summed E-state index contributed by atoms with van der Waals surface area (Å²) >= 11 is 0. The van der Waals surface area contributed by atoms with Crippen LogP contribution in [0.15, 0.2) is 128 Å². The summed E-state index contributed by atoms with van der Waals surface area (Å²) in [5.74, 6) is -0.0757. The normalized spacial score (nSPS) is 12.3. The second-order valence-corrected chi connectivity index (χ2v) is 13.1. The molecule has 0 aliphatic carbocycles. The van der Waals surface area contributed by atoms with Gasteiger partial charge in [0.25, 0.3) is 0 Å². The Bertz CT molecular complexity index is 1820. The number of nitrogens with zero attached hydrogens (tertiary/aromatic N) is 2. The predicted molar refractivity (Wildman–Crippen MR) is 196 cm³/mol. The quantitative estimate of drug-likeness (QED) is 0.117. The number of benzene rings is 4. The van der Waals surface area contributed by atoms with E-state index < -0.39 is 24.1 Å². The highest BCUT2D eigenvalue weighted by molar-refractivity contribution is 5.91. The number of aromatic nitrogens is 2. The summed E-state index contributed by atoms with van der Waals surface area (Å²) in [5, 5.41) is 5.83. The van der Waals surface area contributed by atoms with Crippen molar-refractivity contribution in [2.24, 2.45) is 0 Å². The summed E-state index contributed by atoms with van der Waals surface area (Å²) in [4.78, 5) is 49.7. The van der Waals surface area contributed by atoms with Crippen LogP contribution in [0.2, 0.25) is 0 Å². The standard InChI is InChI=1S/C41H45N5O5/c1-41(2,33-17-11-6-12-18-33)28-43-38(47)37(23-30-19-21-35(22-20-30)50-26-31-13-7-4-8-14-31)46(3)39(48)36(24-34-25-42-29-44-34)45-40(49)51-27-32-15-9-5-10-16-32/h4-22,25,29,36-37H,23-24,26-28H2,1-3H3,(H,42,44)(H,43,47)(H,45,49)/t36-,37+/m0/s1. The van der Waals surface area contributed by atoms with Crippen LogP contribution in [0, 0.1) is 0 Å².